The first-order chi connectivity index (χ1) is 15.9. The van der Waals surface area contributed by atoms with Gasteiger partial charge < -0.3 is 15.5 Å². The summed E-state index contributed by atoms with van der Waals surface area (Å²) in [6.45, 7) is 2.45. The van der Waals surface area contributed by atoms with Gasteiger partial charge in [0, 0.05) is 17.3 Å². The maximum Gasteiger partial charge on any atom is 0.257 e. The van der Waals surface area contributed by atoms with Crippen LogP contribution in [-0.4, -0.2) is 28.4 Å². The van der Waals surface area contributed by atoms with Crippen LogP contribution >= 0.6 is 23.8 Å². The first-order valence-electron chi connectivity index (χ1n) is 10.7. The van der Waals surface area contributed by atoms with Crippen LogP contribution in [0.1, 0.15) is 23.1 Å². The molecule has 3 aromatic carbocycles. The molecule has 0 radical (unpaired) electrons. The minimum absolute atomic E-state index is 0.0719. The number of carbonyl (C=O) groups excluding carboxylic acids is 2. The van der Waals surface area contributed by atoms with Crippen molar-refractivity contribution in [1.29, 1.82) is 0 Å². The second-order valence-corrected chi connectivity index (χ2v) is 8.93. The number of hydrogen-bond donors (Lipinski definition) is 2. The van der Waals surface area contributed by atoms with Crippen LogP contribution in [0.25, 0.3) is 0 Å². The van der Waals surface area contributed by atoms with Crippen LogP contribution in [0.4, 0.5) is 5.69 Å². The monoisotopic (exact) mass is 477 g/mol. The fourth-order valence-corrected chi connectivity index (χ4v) is 4.57. The van der Waals surface area contributed by atoms with E-state index in [1.165, 1.54) is 0 Å². The molecule has 0 spiro atoms. The zero-order valence-corrected chi connectivity index (χ0v) is 19.7. The Morgan fingerprint density at radius 3 is 2.36 bits per heavy atom. The van der Waals surface area contributed by atoms with Crippen molar-refractivity contribution >= 4 is 46.4 Å². The van der Waals surface area contributed by atoms with Gasteiger partial charge in [0.2, 0.25) is 5.91 Å². The van der Waals surface area contributed by atoms with E-state index in [-0.39, 0.29) is 18.2 Å². The molecule has 2 N–H and O–H groups in total. The summed E-state index contributed by atoms with van der Waals surface area (Å²) in [7, 11) is 0. The highest BCUT2D eigenvalue weighted by molar-refractivity contribution is 7.80. The first-order valence-corrected chi connectivity index (χ1v) is 11.5. The number of nitrogens with one attached hydrogen (secondary N) is 2. The molecule has 1 unspecified atom stereocenters. The largest absolute Gasteiger partial charge is 0.330 e. The zero-order chi connectivity index (χ0) is 23.4. The Labute approximate surface area is 203 Å². The number of rotatable bonds is 7. The highest BCUT2D eigenvalue weighted by Gasteiger charge is 2.53. The van der Waals surface area contributed by atoms with Gasteiger partial charge in [-0.2, -0.15) is 0 Å². The molecule has 1 aliphatic heterocycles. The molecule has 1 fully saturated rings. The van der Waals surface area contributed by atoms with E-state index in [0.29, 0.717) is 28.8 Å². The van der Waals surface area contributed by atoms with Gasteiger partial charge in [0.05, 0.1) is 6.42 Å². The third-order valence-electron chi connectivity index (χ3n) is 5.84. The Morgan fingerprint density at radius 2 is 1.70 bits per heavy atom. The van der Waals surface area contributed by atoms with Crippen molar-refractivity contribution in [2.45, 2.75) is 25.3 Å². The number of hydrogen-bond acceptors (Lipinski definition) is 3. The van der Waals surface area contributed by atoms with Gasteiger partial charge in [-0.1, -0.05) is 71.8 Å². The van der Waals surface area contributed by atoms with E-state index in [2.05, 4.69) is 10.6 Å². The fourth-order valence-electron chi connectivity index (χ4n) is 4.10. The van der Waals surface area contributed by atoms with Crippen LogP contribution in [0.15, 0.2) is 78.9 Å². The van der Waals surface area contributed by atoms with Gasteiger partial charge in [-0.05, 0) is 61.0 Å². The van der Waals surface area contributed by atoms with Crippen LogP contribution in [0.3, 0.4) is 0 Å². The van der Waals surface area contributed by atoms with Gasteiger partial charge in [0.1, 0.15) is 0 Å². The van der Waals surface area contributed by atoms with Crippen LogP contribution in [0.2, 0.25) is 5.02 Å². The molecule has 0 bridgehead atoms. The lowest BCUT2D eigenvalue weighted by Gasteiger charge is -2.36. The number of aryl methyl sites for hydroxylation is 1. The Hall–Kier alpha value is -3.22. The smallest absolute Gasteiger partial charge is 0.257 e. The quantitative estimate of drug-likeness (QED) is 0.478. The maximum atomic E-state index is 13.4. The van der Waals surface area contributed by atoms with Crippen LogP contribution in [-0.2, 0) is 21.5 Å². The number of benzene rings is 3. The number of anilines is 1. The molecule has 0 aromatic heterocycles. The van der Waals surface area contributed by atoms with Gasteiger partial charge in [0.15, 0.2) is 10.7 Å². The Balaban J connectivity index is 1.64. The Bertz CT molecular complexity index is 1170. The average molecular weight is 478 g/mol. The molecule has 4 rings (SSSR count). The lowest BCUT2D eigenvalue weighted by molar-refractivity contribution is -0.131. The second-order valence-electron chi connectivity index (χ2n) is 8.10. The van der Waals surface area contributed by atoms with Gasteiger partial charge in [-0.3, -0.25) is 9.59 Å². The molecule has 168 valence electrons. The average Bonchev–Trinajstić information content (AvgIpc) is 3.05. The van der Waals surface area contributed by atoms with Crippen molar-refractivity contribution in [2.75, 3.05) is 11.9 Å². The molecular formula is C26H24ClN3O2S. The molecule has 33 heavy (non-hydrogen) atoms. The fraction of sp³-hybridized carbons (Fsp3) is 0.192. The standard InChI is InChI=1S/C26H24ClN3O2S/c1-18-7-13-22(14-8-18)28-23(31)17-26(20-5-3-2-4-6-20)24(32)29-25(33)30(26)16-15-19-9-11-21(27)12-10-19/h2-14H,15-17H2,1H3,(H,28,31)(H,29,32,33). The summed E-state index contributed by atoms with van der Waals surface area (Å²) >= 11 is 11.5. The summed E-state index contributed by atoms with van der Waals surface area (Å²) in [5, 5.41) is 6.70. The molecule has 7 heteroatoms. The van der Waals surface area contributed by atoms with Crippen molar-refractivity contribution in [1.82, 2.24) is 10.2 Å². The van der Waals surface area contributed by atoms with E-state index in [9.17, 15) is 9.59 Å². The Kier molecular flexibility index (Phi) is 6.77. The molecular weight excluding hydrogens is 454 g/mol. The lowest BCUT2D eigenvalue weighted by atomic mass is 9.84. The first kappa shape index (κ1) is 23.0. The van der Waals surface area contributed by atoms with E-state index in [4.69, 9.17) is 23.8 Å². The Morgan fingerprint density at radius 1 is 1.03 bits per heavy atom. The molecule has 1 aliphatic rings. The van der Waals surface area contributed by atoms with Crippen molar-refractivity contribution in [3.63, 3.8) is 0 Å². The summed E-state index contributed by atoms with van der Waals surface area (Å²) in [5.74, 6) is -0.562. The summed E-state index contributed by atoms with van der Waals surface area (Å²) < 4.78 is 0. The minimum Gasteiger partial charge on any atom is -0.330 e. The summed E-state index contributed by atoms with van der Waals surface area (Å²) in [6, 6.07) is 24.5. The van der Waals surface area contributed by atoms with Crippen molar-refractivity contribution < 1.29 is 9.59 Å². The predicted octanol–water partition coefficient (Wildman–Crippen LogP) is 4.83. The van der Waals surface area contributed by atoms with Crippen molar-refractivity contribution in [2.24, 2.45) is 0 Å². The maximum absolute atomic E-state index is 13.4. The molecule has 2 amide bonds. The normalized spacial score (nSPS) is 17.7. The van der Waals surface area contributed by atoms with Crippen LogP contribution < -0.4 is 10.6 Å². The number of halogens is 1. The number of amides is 2. The SMILES string of the molecule is Cc1ccc(NC(=O)CC2(c3ccccc3)C(=O)NC(=S)N2CCc2ccc(Cl)cc2)cc1. The second kappa shape index (κ2) is 9.73. The number of thiocarbonyl (C=S) groups is 1. The van der Waals surface area contributed by atoms with Gasteiger partial charge in [-0.25, -0.2) is 0 Å². The van der Waals surface area contributed by atoms with Gasteiger partial charge in [-0.15, -0.1) is 0 Å². The van der Waals surface area contributed by atoms with E-state index in [1.807, 2.05) is 90.7 Å². The molecule has 0 aliphatic carbocycles. The van der Waals surface area contributed by atoms with E-state index < -0.39 is 5.54 Å². The van der Waals surface area contributed by atoms with E-state index in [0.717, 1.165) is 16.7 Å². The summed E-state index contributed by atoms with van der Waals surface area (Å²) in [6.07, 6.45) is 0.567. The highest BCUT2D eigenvalue weighted by atomic mass is 35.5. The molecule has 1 heterocycles. The number of nitrogens with zero attached hydrogens (tertiary/aromatic N) is 1. The van der Waals surface area contributed by atoms with E-state index >= 15 is 0 Å². The van der Waals surface area contributed by atoms with Gasteiger partial charge in [0.25, 0.3) is 5.91 Å². The summed E-state index contributed by atoms with van der Waals surface area (Å²) in [5.41, 5.74) is 2.33. The van der Waals surface area contributed by atoms with Crippen LogP contribution in [0, 0.1) is 6.92 Å². The topological polar surface area (TPSA) is 61.4 Å². The van der Waals surface area contributed by atoms with Crippen molar-refractivity contribution in [3.05, 3.63) is 101 Å². The molecule has 0 saturated carbocycles. The summed E-state index contributed by atoms with van der Waals surface area (Å²) in [4.78, 5) is 28.4. The predicted molar refractivity (Wildman–Crippen MR) is 135 cm³/mol. The minimum atomic E-state index is -1.24. The van der Waals surface area contributed by atoms with Gasteiger partial charge >= 0.3 is 0 Å². The third-order valence-corrected chi connectivity index (χ3v) is 6.42. The van der Waals surface area contributed by atoms with E-state index in [1.54, 1.807) is 0 Å². The zero-order valence-electron chi connectivity index (χ0n) is 18.2. The molecule has 1 atom stereocenters. The molecule has 3 aromatic rings. The highest BCUT2D eigenvalue weighted by Crippen LogP contribution is 2.37. The van der Waals surface area contributed by atoms with Crippen molar-refractivity contribution in [3.8, 4) is 0 Å². The number of carbonyl (C=O) groups is 2. The third kappa shape index (κ3) is 4.92. The lowest BCUT2D eigenvalue weighted by Crippen LogP contribution is -2.50. The molecule has 5 nitrogen and oxygen atoms in total. The van der Waals surface area contributed by atoms with Crippen LogP contribution in [0.5, 0.6) is 0 Å². The molecule has 1 saturated heterocycles.